The summed E-state index contributed by atoms with van der Waals surface area (Å²) in [5, 5.41) is 3.06. The Hall–Kier alpha value is -3.92. The molecule has 2 amide bonds. The van der Waals surface area contributed by atoms with Gasteiger partial charge in [0.2, 0.25) is 11.8 Å². The van der Waals surface area contributed by atoms with Crippen LogP contribution >= 0.6 is 0 Å². The minimum atomic E-state index is -4.17. The van der Waals surface area contributed by atoms with Gasteiger partial charge in [-0.25, -0.2) is 12.8 Å². The molecule has 0 spiro atoms. The van der Waals surface area contributed by atoms with Crippen molar-refractivity contribution in [1.82, 2.24) is 10.2 Å². The van der Waals surface area contributed by atoms with Crippen molar-refractivity contribution in [3.05, 3.63) is 90.2 Å². The summed E-state index contributed by atoms with van der Waals surface area (Å²) >= 11 is 0. The van der Waals surface area contributed by atoms with Crippen molar-refractivity contribution >= 4 is 27.5 Å². The van der Waals surface area contributed by atoms with E-state index in [4.69, 9.17) is 4.74 Å². The molecule has 3 aromatic carbocycles. The van der Waals surface area contributed by atoms with Gasteiger partial charge in [-0.1, -0.05) is 49.6 Å². The van der Waals surface area contributed by atoms with E-state index in [0.29, 0.717) is 17.0 Å². The molecule has 8 nitrogen and oxygen atoms in total. The number of benzene rings is 3. The van der Waals surface area contributed by atoms with Crippen molar-refractivity contribution in [2.45, 2.75) is 62.6 Å². The average molecular weight is 582 g/mol. The first-order valence-electron chi connectivity index (χ1n) is 13.7. The Morgan fingerprint density at radius 2 is 1.59 bits per heavy atom. The standard InChI is InChI=1S/C31H36FN3O5S/c1-23(31(37)33-26-9-5-3-6-10-26)34(21-24-13-15-25(32)16-14-24)30(36)22-35(27-11-7-4-8-12-27)41(38,39)29-19-17-28(40-2)18-20-29/h4,7-8,11-20,23,26H,3,5-6,9-10,21-22H2,1-2H3,(H,33,37). The lowest BCUT2D eigenvalue weighted by Crippen LogP contribution is -2.53. The molecule has 218 valence electrons. The maximum Gasteiger partial charge on any atom is 0.264 e. The number of carbonyl (C=O) groups excluding carboxylic acids is 2. The molecule has 1 fully saturated rings. The van der Waals surface area contributed by atoms with Crippen LogP contribution in [-0.4, -0.2) is 50.9 Å². The van der Waals surface area contributed by atoms with Crippen molar-refractivity contribution in [2.24, 2.45) is 0 Å². The summed E-state index contributed by atoms with van der Waals surface area (Å²) in [6.07, 6.45) is 4.97. The van der Waals surface area contributed by atoms with Gasteiger partial charge in [0.25, 0.3) is 10.0 Å². The number of nitrogens with one attached hydrogen (secondary N) is 1. The third-order valence-electron chi connectivity index (χ3n) is 7.36. The molecular weight excluding hydrogens is 545 g/mol. The van der Waals surface area contributed by atoms with Crippen LogP contribution in [0.1, 0.15) is 44.6 Å². The summed E-state index contributed by atoms with van der Waals surface area (Å²) in [6, 6.07) is 19.1. The van der Waals surface area contributed by atoms with Crippen LogP contribution in [0, 0.1) is 5.82 Å². The number of halogens is 1. The van der Waals surface area contributed by atoms with Crippen molar-refractivity contribution in [3.63, 3.8) is 0 Å². The van der Waals surface area contributed by atoms with E-state index >= 15 is 0 Å². The largest absolute Gasteiger partial charge is 0.497 e. The first kappa shape index (κ1) is 30.0. The molecule has 41 heavy (non-hydrogen) atoms. The Kier molecular flexibility index (Phi) is 9.99. The summed E-state index contributed by atoms with van der Waals surface area (Å²) in [5.74, 6) is -0.802. The van der Waals surface area contributed by atoms with Gasteiger partial charge in [0, 0.05) is 12.6 Å². The molecule has 0 radical (unpaired) electrons. The third kappa shape index (κ3) is 7.64. The molecule has 1 aliphatic rings. The van der Waals surface area contributed by atoms with E-state index < -0.39 is 34.3 Å². The number of hydrogen-bond donors (Lipinski definition) is 1. The molecular formula is C31H36FN3O5S. The number of anilines is 1. The number of rotatable bonds is 11. The van der Waals surface area contributed by atoms with Crippen LogP contribution < -0.4 is 14.4 Å². The predicted molar refractivity (Wildman–Crippen MR) is 155 cm³/mol. The van der Waals surface area contributed by atoms with Crippen LogP contribution in [0.25, 0.3) is 0 Å². The lowest BCUT2D eigenvalue weighted by molar-refractivity contribution is -0.139. The lowest BCUT2D eigenvalue weighted by atomic mass is 9.95. The van der Waals surface area contributed by atoms with Crippen LogP contribution in [-0.2, 0) is 26.2 Å². The highest BCUT2D eigenvalue weighted by Gasteiger charge is 2.33. The van der Waals surface area contributed by atoms with Crippen molar-refractivity contribution in [2.75, 3.05) is 18.0 Å². The van der Waals surface area contributed by atoms with Gasteiger partial charge in [0.05, 0.1) is 17.7 Å². The highest BCUT2D eigenvalue weighted by Crippen LogP contribution is 2.26. The quantitative estimate of drug-likeness (QED) is 0.348. The van der Waals surface area contributed by atoms with Crippen molar-refractivity contribution < 1.29 is 27.1 Å². The maximum absolute atomic E-state index is 14.0. The molecule has 4 rings (SSSR count). The second kappa shape index (κ2) is 13.6. The van der Waals surface area contributed by atoms with Gasteiger partial charge >= 0.3 is 0 Å². The van der Waals surface area contributed by atoms with Gasteiger partial charge < -0.3 is 15.0 Å². The van der Waals surface area contributed by atoms with E-state index in [9.17, 15) is 22.4 Å². The van der Waals surface area contributed by atoms with Crippen molar-refractivity contribution in [3.8, 4) is 5.75 Å². The lowest BCUT2D eigenvalue weighted by Gasteiger charge is -2.33. The van der Waals surface area contributed by atoms with Crippen LogP contribution in [0.4, 0.5) is 10.1 Å². The second-order valence-electron chi connectivity index (χ2n) is 10.2. The normalized spacial score (nSPS) is 14.6. The number of amides is 2. The number of methoxy groups -OCH3 is 1. The number of carbonyl (C=O) groups is 2. The Morgan fingerprint density at radius 1 is 0.951 bits per heavy atom. The second-order valence-corrected chi connectivity index (χ2v) is 12.1. The molecule has 0 bridgehead atoms. The minimum Gasteiger partial charge on any atom is -0.497 e. The van der Waals surface area contributed by atoms with Gasteiger partial charge in [-0.2, -0.15) is 0 Å². The molecule has 3 aromatic rings. The molecule has 0 aromatic heterocycles. The Morgan fingerprint density at radius 3 is 2.20 bits per heavy atom. The molecule has 1 aliphatic carbocycles. The summed E-state index contributed by atoms with van der Waals surface area (Å²) in [4.78, 5) is 28.6. The highest BCUT2D eigenvalue weighted by molar-refractivity contribution is 7.92. The Balaban J connectivity index is 1.65. The summed E-state index contributed by atoms with van der Waals surface area (Å²) < 4.78 is 47.5. The first-order valence-corrected chi connectivity index (χ1v) is 15.2. The highest BCUT2D eigenvalue weighted by atomic mass is 32.2. The van der Waals surface area contributed by atoms with E-state index in [-0.39, 0.29) is 23.4 Å². The van der Waals surface area contributed by atoms with E-state index in [2.05, 4.69) is 5.32 Å². The molecule has 1 atom stereocenters. The van der Waals surface area contributed by atoms with Gasteiger partial charge in [0.1, 0.15) is 24.2 Å². The van der Waals surface area contributed by atoms with E-state index in [1.165, 1.54) is 48.4 Å². The van der Waals surface area contributed by atoms with Gasteiger partial charge in [-0.15, -0.1) is 0 Å². The maximum atomic E-state index is 14.0. The Labute approximate surface area is 241 Å². The fourth-order valence-electron chi connectivity index (χ4n) is 4.94. The first-order chi connectivity index (χ1) is 19.7. The number of ether oxygens (including phenoxy) is 1. The molecule has 1 N–H and O–H groups in total. The zero-order valence-electron chi connectivity index (χ0n) is 23.3. The molecule has 1 saturated carbocycles. The summed E-state index contributed by atoms with van der Waals surface area (Å²) in [6.45, 7) is 1.09. The number of sulfonamides is 1. The fourth-order valence-corrected chi connectivity index (χ4v) is 6.35. The number of para-hydroxylation sites is 1. The molecule has 0 saturated heterocycles. The van der Waals surface area contributed by atoms with Gasteiger partial charge in [0.15, 0.2) is 0 Å². The zero-order valence-corrected chi connectivity index (χ0v) is 24.1. The minimum absolute atomic E-state index is 0.00355. The number of hydrogen-bond acceptors (Lipinski definition) is 5. The fraction of sp³-hybridized carbons (Fsp3) is 0.355. The summed E-state index contributed by atoms with van der Waals surface area (Å²) in [5.41, 5.74) is 0.916. The van der Waals surface area contributed by atoms with E-state index in [0.717, 1.165) is 36.4 Å². The third-order valence-corrected chi connectivity index (χ3v) is 9.14. The topological polar surface area (TPSA) is 96.0 Å². The van der Waals surface area contributed by atoms with Crippen LogP contribution in [0.5, 0.6) is 5.75 Å². The molecule has 1 unspecified atom stereocenters. The van der Waals surface area contributed by atoms with E-state index in [1.807, 2.05) is 0 Å². The molecule has 0 aliphatic heterocycles. The van der Waals surface area contributed by atoms with Crippen LogP contribution in [0.15, 0.2) is 83.8 Å². The SMILES string of the molecule is COc1ccc(S(=O)(=O)N(CC(=O)N(Cc2ccc(F)cc2)C(C)C(=O)NC2CCCCC2)c2ccccc2)cc1. The van der Waals surface area contributed by atoms with Crippen LogP contribution in [0.3, 0.4) is 0 Å². The Bertz CT molecular complexity index is 1410. The predicted octanol–water partition coefficient (Wildman–Crippen LogP) is 4.90. The average Bonchev–Trinajstić information content (AvgIpc) is 3.00. The zero-order chi connectivity index (χ0) is 29.4. The van der Waals surface area contributed by atoms with Crippen LogP contribution in [0.2, 0.25) is 0 Å². The number of nitrogens with zero attached hydrogens (tertiary/aromatic N) is 2. The molecule has 10 heteroatoms. The monoisotopic (exact) mass is 581 g/mol. The smallest absolute Gasteiger partial charge is 0.264 e. The molecule has 0 heterocycles. The van der Waals surface area contributed by atoms with Gasteiger partial charge in [-0.3, -0.25) is 13.9 Å². The summed E-state index contributed by atoms with van der Waals surface area (Å²) in [7, 11) is -2.69. The van der Waals surface area contributed by atoms with E-state index in [1.54, 1.807) is 49.4 Å². The van der Waals surface area contributed by atoms with Crippen molar-refractivity contribution in [1.29, 1.82) is 0 Å². The van der Waals surface area contributed by atoms with Gasteiger partial charge in [-0.05, 0) is 73.9 Å².